The minimum Gasteiger partial charge on any atom is -0.486 e. The number of hydrogen-bond donors (Lipinski definition) is 0. The SMILES string of the molecule is C=CC1CCC(CCC2CCC(c3ccc4cc(OCC=CC)c(F)c(F)c4c3)CC2)CC1. The van der Waals surface area contributed by atoms with E-state index in [0.717, 1.165) is 36.2 Å². The second-order valence-electron chi connectivity index (χ2n) is 10.2. The second-order valence-corrected chi connectivity index (χ2v) is 10.2. The van der Waals surface area contributed by atoms with Crippen LogP contribution in [0.15, 0.2) is 49.1 Å². The van der Waals surface area contributed by atoms with Crippen molar-refractivity contribution < 1.29 is 13.5 Å². The first-order chi connectivity index (χ1) is 16.1. The van der Waals surface area contributed by atoms with Gasteiger partial charge in [0.2, 0.25) is 5.82 Å². The van der Waals surface area contributed by atoms with Gasteiger partial charge in [-0.05, 0) is 105 Å². The number of fused-ring (bicyclic) bond motifs is 1. The first kappa shape index (κ1) is 24.0. The maximum Gasteiger partial charge on any atom is 0.201 e. The third-order valence-electron chi connectivity index (χ3n) is 8.11. The predicted octanol–water partition coefficient (Wildman–Crippen LogP) is 9.12. The van der Waals surface area contributed by atoms with Crippen molar-refractivity contribution in [2.75, 3.05) is 6.61 Å². The standard InChI is InChI=1S/C30H38F2O/c1-3-5-18-33-28-20-26-17-16-25(19-27(26)29(31)30(28)32)24-14-12-23(13-15-24)11-10-22-8-6-21(4-2)7-9-22/h3-5,16-17,19-24H,2,6-15,18H2,1H3. The lowest BCUT2D eigenvalue weighted by atomic mass is 9.74. The van der Waals surface area contributed by atoms with Gasteiger partial charge in [-0.1, -0.05) is 43.2 Å². The molecule has 0 radical (unpaired) electrons. The van der Waals surface area contributed by atoms with Crippen LogP contribution in [0.3, 0.4) is 0 Å². The van der Waals surface area contributed by atoms with Crippen LogP contribution >= 0.6 is 0 Å². The summed E-state index contributed by atoms with van der Waals surface area (Å²) >= 11 is 0. The topological polar surface area (TPSA) is 9.23 Å². The molecule has 2 aliphatic carbocycles. The van der Waals surface area contributed by atoms with Crippen LogP contribution in [0.2, 0.25) is 0 Å². The molecule has 2 fully saturated rings. The fourth-order valence-corrected chi connectivity index (χ4v) is 5.88. The molecule has 3 heteroatoms. The van der Waals surface area contributed by atoms with Gasteiger partial charge in [-0.3, -0.25) is 0 Å². The molecular formula is C30H38F2O. The van der Waals surface area contributed by atoms with E-state index in [1.165, 1.54) is 51.4 Å². The molecule has 0 N–H and O–H groups in total. The van der Waals surface area contributed by atoms with Crippen molar-refractivity contribution >= 4 is 10.8 Å². The highest BCUT2D eigenvalue weighted by Crippen LogP contribution is 2.41. The van der Waals surface area contributed by atoms with Crippen molar-refractivity contribution in [2.45, 2.75) is 77.0 Å². The summed E-state index contributed by atoms with van der Waals surface area (Å²) in [6, 6.07) is 7.49. The lowest BCUT2D eigenvalue weighted by Gasteiger charge is -2.31. The van der Waals surface area contributed by atoms with Crippen LogP contribution in [0.25, 0.3) is 10.8 Å². The molecule has 1 nitrogen and oxygen atoms in total. The molecule has 0 unspecified atom stereocenters. The van der Waals surface area contributed by atoms with Gasteiger partial charge in [0.25, 0.3) is 0 Å². The van der Waals surface area contributed by atoms with Gasteiger partial charge in [0.05, 0.1) is 0 Å². The molecule has 0 saturated heterocycles. The predicted molar refractivity (Wildman–Crippen MR) is 134 cm³/mol. The Morgan fingerprint density at radius 1 is 0.909 bits per heavy atom. The molecule has 4 rings (SSSR count). The maximum atomic E-state index is 14.8. The van der Waals surface area contributed by atoms with Crippen LogP contribution in [0, 0.1) is 29.4 Å². The summed E-state index contributed by atoms with van der Waals surface area (Å²) in [7, 11) is 0. The Kier molecular flexibility index (Phi) is 8.22. The van der Waals surface area contributed by atoms with E-state index < -0.39 is 11.6 Å². The van der Waals surface area contributed by atoms with E-state index in [1.807, 2.05) is 25.1 Å². The van der Waals surface area contributed by atoms with E-state index in [1.54, 1.807) is 12.1 Å². The zero-order chi connectivity index (χ0) is 23.2. The largest absolute Gasteiger partial charge is 0.486 e. The third-order valence-corrected chi connectivity index (χ3v) is 8.11. The van der Waals surface area contributed by atoms with Crippen LogP contribution in [0.5, 0.6) is 5.75 Å². The normalized spacial score (nSPS) is 26.0. The number of ether oxygens (including phenoxy) is 1. The van der Waals surface area contributed by atoms with Crippen molar-refractivity contribution in [3.05, 3.63) is 66.3 Å². The van der Waals surface area contributed by atoms with Crippen LogP contribution < -0.4 is 4.74 Å². The quantitative estimate of drug-likeness (QED) is 0.363. The lowest BCUT2D eigenvalue weighted by Crippen LogP contribution is -2.17. The molecule has 0 heterocycles. The van der Waals surface area contributed by atoms with Crippen molar-refractivity contribution in [1.29, 1.82) is 0 Å². The molecular weight excluding hydrogens is 414 g/mol. The number of rotatable bonds is 8. The highest BCUT2D eigenvalue weighted by atomic mass is 19.2. The summed E-state index contributed by atoms with van der Waals surface area (Å²) in [6.07, 6.45) is 18.6. The highest BCUT2D eigenvalue weighted by Gasteiger charge is 2.25. The fourth-order valence-electron chi connectivity index (χ4n) is 5.88. The minimum absolute atomic E-state index is 0.0238. The van der Waals surface area contributed by atoms with Gasteiger partial charge in [0.1, 0.15) is 6.61 Å². The lowest BCUT2D eigenvalue weighted by molar-refractivity contribution is 0.246. The number of hydrogen-bond acceptors (Lipinski definition) is 1. The zero-order valence-corrected chi connectivity index (χ0v) is 20.0. The van der Waals surface area contributed by atoms with Crippen molar-refractivity contribution in [2.24, 2.45) is 17.8 Å². The van der Waals surface area contributed by atoms with E-state index in [4.69, 9.17) is 4.74 Å². The minimum atomic E-state index is -0.894. The van der Waals surface area contributed by atoms with Crippen molar-refractivity contribution in [1.82, 2.24) is 0 Å². The van der Waals surface area contributed by atoms with Crippen LogP contribution in [-0.2, 0) is 0 Å². The summed E-state index contributed by atoms with van der Waals surface area (Å²) in [5.41, 5.74) is 1.14. The second kappa shape index (κ2) is 11.3. The fraction of sp³-hybridized carbons (Fsp3) is 0.533. The Labute approximate surface area is 197 Å². The molecule has 0 aliphatic heterocycles. The Balaban J connectivity index is 1.33. The first-order valence-corrected chi connectivity index (χ1v) is 12.9. The van der Waals surface area contributed by atoms with E-state index in [0.29, 0.717) is 16.7 Å². The van der Waals surface area contributed by atoms with Gasteiger partial charge in [0.15, 0.2) is 11.6 Å². The summed E-state index contributed by atoms with van der Waals surface area (Å²) in [5, 5.41) is 1.05. The molecule has 2 saturated carbocycles. The molecule has 0 aromatic heterocycles. The molecule has 33 heavy (non-hydrogen) atoms. The molecule has 2 aromatic carbocycles. The van der Waals surface area contributed by atoms with Crippen LogP contribution in [0.1, 0.15) is 82.6 Å². The molecule has 0 amide bonds. The average Bonchev–Trinajstić information content (AvgIpc) is 2.86. The summed E-state index contributed by atoms with van der Waals surface area (Å²) in [4.78, 5) is 0. The first-order valence-electron chi connectivity index (χ1n) is 12.9. The smallest absolute Gasteiger partial charge is 0.201 e. The monoisotopic (exact) mass is 452 g/mol. The van der Waals surface area contributed by atoms with Gasteiger partial charge in [0, 0.05) is 5.39 Å². The van der Waals surface area contributed by atoms with Gasteiger partial charge in [-0.2, -0.15) is 4.39 Å². The Morgan fingerprint density at radius 3 is 2.21 bits per heavy atom. The Bertz CT molecular complexity index is 963. The van der Waals surface area contributed by atoms with Crippen LogP contribution in [-0.4, -0.2) is 6.61 Å². The summed E-state index contributed by atoms with van der Waals surface area (Å²) < 4.78 is 34.8. The van der Waals surface area contributed by atoms with Gasteiger partial charge < -0.3 is 4.74 Å². The molecule has 0 spiro atoms. The number of halogens is 2. The van der Waals surface area contributed by atoms with Gasteiger partial charge >= 0.3 is 0 Å². The average molecular weight is 453 g/mol. The number of benzene rings is 2. The van der Waals surface area contributed by atoms with E-state index in [-0.39, 0.29) is 12.4 Å². The molecule has 2 aliphatic rings. The van der Waals surface area contributed by atoms with Crippen molar-refractivity contribution in [3.8, 4) is 5.75 Å². The van der Waals surface area contributed by atoms with Crippen LogP contribution in [0.4, 0.5) is 8.78 Å². The molecule has 178 valence electrons. The highest BCUT2D eigenvalue weighted by molar-refractivity contribution is 5.85. The zero-order valence-electron chi connectivity index (χ0n) is 20.0. The Morgan fingerprint density at radius 2 is 1.58 bits per heavy atom. The van der Waals surface area contributed by atoms with E-state index >= 15 is 0 Å². The summed E-state index contributed by atoms with van der Waals surface area (Å²) in [5.74, 6) is 1.20. The maximum absolute atomic E-state index is 14.8. The third kappa shape index (κ3) is 5.86. The Hall–Kier alpha value is -2.16. The van der Waals surface area contributed by atoms with E-state index in [9.17, 15) is 8.78 Å². The molecule has 0 atom stereocenters. The molecule has 0 bridgehead atoms. The van der Waals surface area contributed by atoms with Crippen molar-refractivity contribution in [3.63, 3.8) is 0 Å². The summed E-state index contributed by atoms with van der Waals surface area (Å²) in [6.45, 7) is 6.05. The number of allylic oxidation sites excluding steroid dienone is 2. The van der Waals surface area contributed by atoms with Gasteiger partial charge in [-0.15, -0.1) is 6.58 Å². The van der Waals surface area contributed by atoms with E-state index in [2.05, 4.69) is 18.7 Å². The molecule has 2 aromatic rings. The van der Waals surface area contributed by atoms with Gasteiger partial charge in [-0.25, -0.2) is 4.39 Å².